The summed E-state index contributed by atoms with van der Waals surface area (Å²) in [7, 11) is 0. The smallest absolute Gasteiger partial charge is 0.307 e. The number of nitrogens with zero attached hydrogens (tertiary/aromatic N) is 1. The van der Waals surface area contributed by atoms with Crippen molar-refractivity contribution in [2.75, 3.05) is 0 Å². The number of hydrogen-bond acceptors (Lipinski definition) is 2. The number of carboxylic acids is 1. The van der Waals surface area contributed by atoms with E-state index in [4.69, 9.17) is 5.11 Å². The van der Waals surface area contributed by atoms with Crippen LogP contribution in [0.4, 0.5) is 0 Å². The third-order valence-corrected chi connectivity index (χ3v) is 4.09. The summed E-state index contributed by atoms with van der Waals surface area (Å²) < 4.78 is 2.06. The van der Waals surface area contributed by atoms with Crippen LogP contribution in [0.1, 0.15) is 41.2 Å². The average Bonchev–Trinajstić information content (AvgIpc) is 2.84. The van der Waals surface area contributed by atoms with E-state index in [9.17, 15) is 9.90 Å². The maximum atomic E-state index is 10.9. The molecule has 21 heavy (non-hydrogen) atoms. The first-order valence-electron chi connectivity index (χ1n) is 7.28. The maximum Gasteiger partial charge on any atom is 0.307 e. The number of aliphatic hydroxyl groups excluding tert-OH is 1. The van der Waals surface area contributed by atoms with E-state index in [0.29, 0.717) is 6.54 Å². The monoisotopic (exact) mass is 285 g/mol. The SMILES string of the molecule is O=C(O)Cc1ccccc1Cn1cc2c(c1)C(O)CCC2. The molecule has 1 unspecified atom stereocenters. The summed E-state index contributed by atoms with van der Waals surface area (Å²) in [5, 5.41) is 19.0. The second-order valence-electron chi connectivity index (χ2n) is 5.66. The van der Waals surface area contributed by atoms with Crippen LogP contribution >= 0.6 is 0 Å². The Hall–Kier alpha value is -2.07. The first-order chi connectivity index (χ1) is 10.1. The van der Waals surface area contributed by atoms with Gasteiger partial charge < -0.3 is 14.8 Å². The summed E-state index contributed by atoms with van der Waals surface area (Å²) >= 11 is 0. The van der Waals surface area contributed by atoms with E-state index in [-0.39, 0.29) is 12.5 Å². The van der Waals surface area contributed by atoms with Crippen molar-refractivity contribution in [3.63, 3.8) is 0 Å². The van der Waals surface area contributed by atoms with E-state index in [1.165, 1.54) is 5.56 Å². The Kier molecular flexibility index (Phi) is 3.80. The van der Waals surface area contributed by atoms with Gasteiger partial charge in [0.05, 0.1) is 12.5 Å². The molecule has 0 saturated heterocycles. The van der Waals surface area contributed by atoms with E-state index < -0.39 is 5.97 Å². The normalized spacial score (nSPS) is 17.5. The Bertz CT molecular complexity index is 660. The van der Waals surface area contributed by atoms with Gasteiger partial charge in [-0.3, -0.25) is 4.79 Å². The van der Waals surface area contributed by atoms with Crippen molar-refractivity contribution in [3.8, 4) is 0 Å². The second-order valence-corrected chi connectivity index (χ2v) is 5.66. The first kappa shape index (κ1) is 13.9. The third-order valence-electron chi connectivity index (χ3n) is 4.09. The first-order valence-corrected chi connectivity index (χ1v) is 7.28. The molecule has 4 nitrogen and oxygen atoms in total. The molecular weight excluding hydrogens is 266 g/mol. The number of carbonyl (C=O) groups is 1. The second kappa shape index (κ2) is 5.74. The third kappa shape index (κ3) is 3.00. The summed E-state index contributed by atoms with van der Waals surface area (Å²) in [4.78, 5) is 10.9. The molecule has 1 aromatic carbocycles. The minimum atomic E-state index is -0.815. The molecule has 1 aliphatic carbocycles. The molecule has 4 heteroatoms. The highest BCUT2D eigenvalue weighted by Gasteiger charge is 2.20. The van der Waals surface area contributed by atoms with Crippen molar-refractivity contribution < 1.29 is 15.0 Å². The summed E-state index contributed by atoms with van der Waals surface area (Å²) in [5.74, 6) is -0.815. The number of aliphatic hydroxyl groups is 1. The molecule has 0 aliphatic heterocycles. The van der Waals surface area contributed by atoms with Crippen molar-refractivity contribution >= 4 is 5.97 Å². The Balaban J connectivity index is 1.86. The zero-order chi connectivity index (χ0) is 14.8. The van der Waals surface area contributed by atoms with Gasteiger partial charge in [-0.25, -0.2) is 0 Å². The number of hydrogen-bond donors (Lipinski definition) is 2. The van der Waals surface area contributed by atoms with Gasteiger partial charge in [-0.2, -0.15) is 0 Å². The highest BCUT2D eigenvalue weighted by molar-refractivity contribution is 5.70. The number of rotatable bonds is 4. The number of aromatic nitrogens is 1. The number of carboxylic acid groups (broad SMARTS) is 1. The minimum absolute atomic E-state index is 0.0414. The van der Waals surface area contributed by atoms with Crippen molar-refractivity contribution in [2.45, 2.75) is 38.3 Å². The largest absolute Gasteiger partial charge is 0.481 e. The molecule has 0 bridgehead atoms. The van der Waals surface area contributed by atoms with Crippen LogP contribution < -0.4 is 0 Å². The minimum Gasteiger partial charge on any atom is -0.481 e. The summed E-state index contributed by atoms with van der Waals surface area (Å²) in [6.45, 7) is 0.642. The van der Waals surface area contributed by atoms with E-state index in [1.54, 1.807) is 0 Å². The van der Waals surface area contributed by atoms with Gasteiger partial charge in [0.25, 0.3) is 0 Å². The van der Waals surface area contributed by atoms with Gasteiger partial charge in [-0.1, -0.05) is 24.3 Å². The van der Waals surface area contributed by atoms with Gasteiger partial charge in [-0.05, 0) is 36.0 Å². The lowest BCUT2D eigenvalue weighted by Gasteiger charge is -2.16. The van der Waals surface area contributed by atoms with Crippen LogP contribution in [0, 0.1) is 0 Å². The molecule has 1 aliphatic rings. The predicted octanol–water partition coefficient (Wildman–Crippen LogP) is 2.53. The molecule has 1 atom stereocenters. The molecule has 0 radical (unpaired) electrons. The zero-order valence-electron chi connectivity index (χ0n) is 11.8. The van der Waals surface area contributed by atoms with Crippen LogP contribution in [0.15, 0.2) is 36.7 Å². The average molecular weight is 285 g/mol. The standard InChI is InChI=1S/C17H19NO3/c19-16-7-3-6-14-10-18(11-15(14)16)9-13-5-2-1-4-12(13)8-17(20)21/h1-2,4-5,10-11,16,19H,3,6-9H2,(H,20,21). The van der Waals surface area contributed by atoms with Gasteiger partial charge in [-0.15, -0.1) is 0 Å². The topological polar surface area (TPSA) is 62.5 Å². The van der Waals surface area contributed by atoms with Gasteiger partial charge in [0.1, 0.15) is 0 Å². The molecule has 110 valence electrons. The molecule has 2 N–H and O–H groups in total. The van der Waals surface area contributed by atoms with E-state index in [1.807, 2.05) is 30.5 Å². The van der Waals surface area contributed by atoms with Crippen molar-refractivity contribution in [1.29, 1.82) is 0 Å². The molecule has 0 spiro atoms. The highest BCUT2D eigenvalue weighted by Crippen LogP contribution is 2.30. The molecular formula is C17H19NO3. The summed E-state index contributed by atoms with van der Waals surface area (Å²) in [5.41, 5.74) is 4.10. The number of fused-ring (bicyclic) bond motifs is 1. The van der Waals surface area contributed by atoms with Gasteiger partial charge in [0.15, 0.2) is 0 Å². The lowest BCUT2D eigenvalue weighted by Crippen LogP contribution is -2.06. The van der Waals surface area contributed by atoms with E-state index in [0.717, 1.165) is 36.0 Å². The highest BCUT2D eigenvalue weighted by atomic mass is 16.4. The maximum absolute atomic E-state index is 10.9. The molecule has 3 rings (SSSR count). The molecule has 1 heterocycles. The molecule has 2 aromatic rings. The Morgan fingerprint density at radius 3 is 2.71 bits per heavy atom. The summed E-state index contributed by atoms with van der Waals surface area (Å²) in [6.07, 6.45) is 6.62. The van der Waals surface area contributed by atoms with Crippen molar-refractivity contribution in [1.82, 2.24) is 4.57 Å². The zero-order valence-corrected chi connectivity index (χ0v) is 11.8. The number of aryl methyl sites for hydroxylation is 1. The quantitative estimate of drug-likeness (QED) is 0.907. The van der Waals surface area contributed by atoms with E-state index in [2.05, 4.69) is 10.8 Å². The summed E-state index contributed by atoms with van der Waals surface area (Å²) in [6, 6.07) is 7.63. The van der Waals surface area contributed by atoms with E-state index >= 15 is 0 Å². The van der Waals surface area contributed by atoms with Crippen LogP contribution in [-0.4, -0.2) is 20.7 Å². The van der Waals surface area contributed by atoms with Crippen molar-refractivity contribution in [2.24, 2.45) is 0 Å². The fourth-order valence-electron chi connectivity index (χ4n) is 3.06. The molecule has 0 fully saturated rings. The lowest BCUT2D eigenvalue weighted by atomic mass is 9.93. The Labute approximate surface area is 123 Å². The molecule has 0 saturated carbocycles. The molecule has 0 amide bonds. The van der Waals surface area contributed by atoms with Crippen LogP contribution in [0.25, 0.3) is 0 Å². The lowest BCUT2D eigenvalue weighted by molar-refractivity contribution is -0.136. The van der Waals surface area contributed by atoms with Gasteiger partial charge in [0.2, 0.25) is 0 Å². The fourth-order valence-corrected chi connectivity index (χ4v) is 3.06. The fraction of sp³-hybridized carbons (Fsp3) is 0.353. The molecule has 1 aromatic heterocycles. The van der Waals surface area contributed by atoms with Crippen LogP contribution in [-0.2, 0) is 24.2 Å². The van der Waals surface area contributed by atoms with Crippen LogP contribution in [0.3, 0.4) is 0 Å². The Morgan fingerprint density at radius 2 is 2.00 bits per heavy atom. The predicted molar refractivity (Wildman–Crippen MR) is 79.2 cm³/mol. The van der Waals surface area contributed by atoms with Crippen LogP contribution in [0.5, 0.6) is 0 Å². The van der Waals surface area contributed by atoms with Gasteiger partial charge >= 0.3 is 5.97 Å². The number of aliphatic carboxylic acids is 1. The van der Waals surface area contributed by atoms with Crippen LogP contribution in [0.2, 0.25) is 0 Å². The van der Waals surface area contributed by atoms with Crippen molar-refractivity contribution in [3.05, 3.63) is 58.9 Å². The van der Waals surface area contributed by atoms with Gasteiger partial charge in [0, 0.05) is 24.5 Å². The Morgan fingerprint density at radius 1 is 1.24 bits per heavy atom. The number of benzene rings is 1.